The average molecular weight is 292 g/mol. The van der Waals surface area contributed by atoms with Crippen molar-refractivity contribution >= 4 is 5.78 Å². The molecule has 0 N–H and O–H groups in total. The van der Waals surface area contributed by atoms with E-state index in [1.807, 2.05) is 0 Å². The summed E-state index contributed by atoms with van der Waals surface area (Å²) in [5.74, 6) is 1.89. The Bertz CT molecular complexity index is 730. The number of hydrogen-bond acceptors (Lipinski definition) is 2. The maximum absolute atomic E-state index is 12.1. The van der Waals surface area contributed by atoms with Crippen molar-refractivity contribution in [2.45, 2.75) is 38.7 Å². The molecule has 1 heterocycles. The van der Waals surface area contributed by atoms with Crippen LogP contribution in [0.15, 0.2) is 42.5 Å². The molecule has 0 radical (unpaired) electrons. The van der Waals surface area contributed by atoms with Gasteiger partial charge in [-0.25, -0.2) is 0 Å². The number of carbonyl (C=O) groups is 1. The minimum Gasteiger partial charge on any atom is -0.485 e. The molecule has 2 aromatic carbocycles. The number of ketones is 1. The summed E-state index contributed by atoms with van der Waals surface area (Å²) in [7, 11) is 0. The molecule has 2 aliphatic rings. The predicted octanol–water partition coefficient (Wildman–Crippen LogP) is 4.50. The van der Waals surface area contributed by atoms with E-state index in [0.29, 0.717) is 24.5 Å². The third kappa shape index (κ3) is 2.14. The Labute approximate surface area is 131 Å². The zero-order valence-electron chi connectivity index (χ0n) is 13.0. The molecule has 1 aliphatic heterocycles. The zero-order chi connectivity index (χ0) is 15.3. The van der Waals surface area contributed by atoms with E-state index in [-0.39, 0.29) is 12.0 Å². The summed E-state index contributed by atoms with van der Waals surface area (Å²) >= 11 is 0. The summed E-state index contributed by atoms with van der Waals surface area (Å²) in [6, 6.07) is 14.9. The van der Waals surface area contributed by atoms with Crippen molar-refractivity contribution < 1.29 is 9.53 Å². The number of hydrogen-bond donors (Lipinski definition) is 0. The lowest BCUT2D eigenvalue weighted by Gasteiger charge is -2.36. The maximum atomic E-state index is 12.1. The van der Waals surface area contributed by atoms with Gasteiger partial charge in [-0.3, -0.25) is 4.79 Å². The third-order valence-electron chi connectivity index (χ3n) is 5.04. The largest absolute Gasteiger partial charge is 0.485 e. The zero-order valence-corrected chi connectivity index (χ0v) is 13.0. The first-order valence-electron chi connectivity index (χ1n) is 7.97. The topological polar surface area (TPSA) is 26.3 Å². The summed E-state index contributed by atoms with van der Waals surface area (Å²) in [5.41, 5.74) is 4.88. The van der Waals surface area contributed by atoms with Crippen LogP contribution in [0.2, 0.25) is 0 Å². The van der Waals surface area contributed by atoms with Gasteiger partial charge in [-0.1, -0.05) is 47.5 Å². The predicted molar refractivity (Wildman–Crippen MR) is 86.2 cm³/mol. The molecule has 0 amide bonds. The van der Waals surface area contributed by atoms with Crippen molar-refractivity contribution in [3.05, 3.63) is 64.7 Å². The SMILES string of the molecule is Cc1ccc([C@H]2Oc3ccc(C)cc3[C@H]3CC(=O)C[C@H]32)cc1. The van der Waals surface area contributed by atoms with Crippen LogP contribution in [0.4, 0.5) is 0 Å². The van der Waals surface area contributed by atoms with E-state index in [2.05, 4.69) is 56.3 Å². The molecule has 4 rings (SSSR count). The summed E-state index contributed by atoms with van der Waals surface area (Å²) in [6.45, 7) is 4.18. The van der Waals surface area contributed by atoms with Crippen LogP contribution in [0.3, 0.4) is 0 Å². The average Bonchev–Trinajstić information content (AvgIpc) is 2.89. The fourth-order valence-corrected chi connectivity index (χ4v) is 3.90. The Balaban J connectivity index is 1.79. The van der Waals surface area contributed by atoms with Crippen LogP contribution in [-0.4, -0.2) is 5.78 Å². The molecule has 1 aliphatic carbocycles. The molecule has 0 bridgehead atoms. The van der Waals surface area contributed by atoms with Crippen molar-refractivity contribution in [1.82, 2.24) is 0 Å². The molecule has 0 spiro atoms. The Morgan fingerprint density at radius 2 is 1.68 bits per heavy atom. The van der Waals surface area contributed by atoms with Gasteiger partial charge in [0.05, 0.1) is 0 Å². The van der Waals surface area contributed by atoms with Crippen molar-refractivity contribution in [3.8, 4) is 5.75 Å². The summed E-state index contributed by atoms with van der Waals surface area (Å²) in [6.07, 6.45) is 1.29. The summed E-state index contributed by atoms with van der Waals surface area (Å²) < 4.78 is 6.32. The first-order chi connectivity index (χ1) is 10.6. The molecule has 1 fully saturated rings. The number of Topliss-reactive ketones (excluding diaryl/α,β-unsaturated/α-hetero) is 1. The minimum absolute atomic E-state index is 0.00717. The van der Waals surface area contributed by atoms with Crippen LogP contribution in [-0.2, 0) is 4.79 Å². The fraction of sp³-hybridized carbons (Fsp3) is 0.350. The second-order valence-corrected chi connectivity index (χ2v) is 6.71. The molecule has 1 saturated carbocycles. The molecular weight excluding hydrogens is 272 g/mol. The highest BCUT2D eigenvalue weighted by Gasteiger charge is 2.45. The number of rotatable bonds is 1. The van der Waals surface area contributed by atoms with Crippen LogP contribution < -0.4 is 4.74 Å². The number of fused-ring (bicyclic) bond motifs is 3. The smallest absolute Gasteiger partial charge is 0.133 e. The van der Waals surface area contributed by atoms with Gasteiger partial charge >= 0.3 is 0 Å². The summed E-state index contributed by atoms with van der Waals surface area (Å²) in [5, 5.41) is 0. The van der Waals surface area contributed by atoms with Gasteiger partial charge in [-0.05, 0) is 31.0 Å². The van der Waals surface area contributed by atoms with E-state index in [0.717, 1.165) is 5.75 Å². The fourth-order valence-electron chi connectivity index (χ4n) is 3.90. The molecule has 2 heteroatoms. The molecule has 0 saturated heterocycles. The van der Waals surface area contributed by atoms with Gasteiger partial charge in [0.15, 0.2) is 0 Å². The minimum atomic E-state index is -0.00717. The number of benzene rings is 2. The highest BCUT2D eigenvalue weighted by molar-refractivity contribution is 5.83. The standard InChI is InChI=1S/C20H20O2/c1-12-3-6-14(7-4-12)20-18-11-15(21)10-16(18)17-9-13(2)5-8-19(17)22-20/h3-9,16,18,20H,10-11H2,1-2H3/t16-,18-,20-/m1/s1. The highest BCUT2D eigenvalue weighted by Crippen LogP contribution is 2.52. The van der Waals surface area contributed by atoms with Gasteiger partial charge in [-0.2, -0.15) is 0 Å². The number of aryl methyl sites for hydroxylation is 2. The van der Waals surface area contributed by atoms with Gasteiger partial charge < -0.3 is 4.74 Å². The van der Waals surface area contributed by atoms with E-state index in [1.165, 1.54) is 22.3 Å². The molecule has 0 aromatic heterocycles. The van der Waals surface area contributed by atoms with E-state index in [9.17, 15) is 4.79 Å². The Kier molecular flexibility index (Phi) is 3.07. The van der Waals surface area contributed by atoms with Crippen LogP contribution in [0.5, 0.6) is 5.75 Å². The van der Waals surface area contributed by atoms with Crippen LogP contribution >= 0.6 is 0 Å². The number of carbonyl (C=O) groups excluding carboxylic acids is 1. The molecule has 0 unspecified atom stereocenters. The Morgan fingerprint density at radius 3 is 2.45 bits per heavy atom. The molecule has 2 aromatic rings. The van der Waals surface area contributed by atoms with Crippen molar-refractivity contribution in [3.63, 3.8) is 0 Å². The quantitative estimate of drug-likeness (QED) is 0.773. The molecule has 2 nitrogen and oxygen atoms in total. The van der Waals surface area contributed by atoms with E-state index < -0.39 is 0 Å². The molecule has 112 valence electrons. The van der Waals surface area contributed by atoms with Gasteiger partial charge in [-0.15, -0.1) is 0 Å². The van der Waals surface area contributed by atoms with Gasteiger partial charge in [0, 0.05) is 24.7 Å². The molecule has 22 heavy (non-hydrogen) atoms. The van der Waals surface area contributed by atoms with Gasteiger partial charge in [0.25, 0.3) is 0 Å². The van der Waals surface area contributed by atoms with Crippen molar-refractivity contribution in [1.29, 1.82) is 0 Å². The second-order valence-electron chi connectivity index (χ2n) is 6.71. The first kappa shape index (κ1) is 13.6. The van der Waals surface area contributed by atoms with Gasteiger partial charge in [0.1, 0.15) is 17.6 Å². The van der Waals surface area contributed by atoms with E-state index in [1.54, 1.807) is 0 Å². The summed E-state index contributed by atoms with van der Waals surface area (Å²) in [4.78, 5) is 12.1. The van der Waals surface area contributed by atoms with Crippen LogP contribution in [0.25, 0.3) is 0 Å². The van der Waals surface area contributed by atoms with Crippen molar-refractivity contribution in [2.24, 2.45) is 5.92 Å². The van der Waals surface area contributed by atoms with Crippen molar-refractivity contribution in [2.75, 3.05) is 0 Å². The normalized spacial score (nSPS) is 26.3. The lowest BCUT2D eigenvalue weighted by Crippen LogP contribution is -2.26. The van der Waals surface area contributed by atoms with Crippen LogP contribution in [0.1, 0.15) is 47.1 Å². The lowest BCUT2D eigenvalue weighted by molar-refractivity contribution is -0.117. The highest BCUT2D eigenvalue weighted by atomic mass is 16.5. The monoisotopic (exact) mass is 292 g/mol. The molecule has 3 atom stereocenters. The first-order valence-corrected chi connectivity index (χ1v) is 7.97. The third-order valence-corrected chi connectivity index (χ3v) is 5.04. The Hall–Kier alpha value is -2.09. The van der Waals surface area contributed by atoms with Crippen LogP contribution in [0, 0.1) is 19.8 Å². The molecular formula is C20H20O2. The lowest BCUT2D eigenvalue weighted by atomic mass is 9.79. The maximum Gasteiger partial charge on any atom is 0.133 e. The second kappa shape index (κ2) is 4.98. The van der Waals surface area contributed by atoms with E-state index >= 15 is 0 Å². The number of ether oxygens (including phenoxy) is 1. The Morgan fingerprint density at radius 1 is 0.955 bits per heavy atom. The van der Waals surface area contributed by atoms with Gasteiger partial charge in [0.2, 0.25) is 0 Å². The van der Waals surface area contributed by atoms with E-state index in [4.69, 9.17) is 4.74 Å².